The highest BCUT2D eigenvalue weighted by molar-refractivity contribution is 6.03. The summed E-state index contributed by atoms with van der Waals surface area (Å²) in [5, 5.41) is 1.19. The lowest BCUT2D eigenvalue weighted by Crippen LogP contribution is -1.91. The van der Waals surface area contributed by atoms with Crippen LogP contribution in [0.3, 0.4) is 0 Å². The molecule has 0 fully saturated rings. The predicted octanol–water partition coefficient (Wildman–Crippen LogP) is 2.99. The summed E-state index contributed by atoms with van der Waals surface area (Å²) >= 11 is 0. The molecule has 0 saturated heterocycles. The number of fused-ring (bicyclic) bond motifs is 5. The summed E-state index contributed by atoms with van der Waals surface area (Å²) in [7, 11) is 0. The fourth-order valence-electron chi connectivity index (χ4n) is 2.34. The van der Waals surface area contributed by atoms with Crippen molar-refractivity contribution in [1.82, 2.24) is 14.4 Å². The largest absolute Gasteiger partial charge is 0.320 e. The number of benzene rings is 1. The van der Waals surface area contributed by atoms with Gasteiger partial charge in [0.15, 0.2) is 0 Å². The number of pyridine rings is 1. The lowest BCUT2D eigenvalue weighted by molar-refractivity contribution is 1.11. The standard InChI is InChI=1S/C14H9N3/c1-2-4-11-10(3-1)14-12(16-11)5-7-17-8-6-15-9-13(14)17/h1-9H. The molecule has 0 amide bonds. The Bertz CT molecular complexity index is 795. The van der Waals surface area contributed by atoms with E-state index < -0.39 is 0 Å². The highest BCUT2D eigenvalue weighted by Gasteiger charge is 2.14. The molecule has 80 valence electrons. The third-order valence-electron chi connectivity index (χ3n) is 3.11. The molecule has 17 heavy (non-hydrogen) atoms. The van der Waals surface area contributed by atoms with Crippen LogP contribution in [0.25, 0.3) is 27.7 Å². The summed E-state index contributed by atoms with van der Waals surface area (Å²) in [4.78, 5) is 8.82. The Balaban J connectivity index is 2.33. The summed E-state index contributed by atoms with van der Waals surface area (Å²) in [5.41, 5.74) is 4.34. The lowest BCUT2D eigenvalue weighted by atomic mass is 10.1. The molecule has 3 nitrogen and oxygen atoms in total. The molecule has 2 aliphatic rings. The predicted molar refractivity (Wildman–Crippen MR) is 67.1 cm³/mol. The number of aromatic nitrogens is 3. The highest BCUT2D eigenvalue weighted by atomic mass is 14.9. The van der Waals surface area contributed by atoms with Crippen molar-refractivity contribution in [2.45, 2.75) is 0 Å². The average Bonchev–Trinajstić information content (AvgIpc) is 2.77. The molecule has 0 N–H and O–H groups in total. The van der Waals surface area contributed by atoms with Crippen molar-refractivity contribution in [3.63, 3.8) is 0 Å². The average molecular weight is 219 g/mol. The van der Waals surface area contributed by atoms with E-state index in [1.807, 2.05) is 42.9 Å². The van der Waals surface area contributed by atoms with E-state index in [1.165, 1.54) is 10.9 Å². The second-order valence-electron chi connectivity index (χ2n) is 4.07. The fourth-order valence-corrected chi connectivity index (χ4v) is 2.34. The van der Waals surface area contributed by atoms with Crippen LogP contribution in [0.4, 0.5) is 0 Å². The van der Waals surface area contributed by atoms with E-state index in [0.29, 0.717) is 0 Å². The lowest BCUT2D eigenvalue weighted by Gasteiger charge is -2.05. The molecule has 2 aliphatic heterocycles. The van der Waals surface area contributed by atoms with Crippen LogP contribution in [0.1, 0.15) is 0 Å². The molecule has 0 bridgehead atoms. The van der Waals surface area contributed by atoms with Gasteiger partial charge in [0.05, 0.1) is 22.9 Å². The van der Waals surface area contributed by atoms with E-state index in [0.717, 1.165) is 16.7 Å². The number of hydrogen-bond acceptors (Lipinski definition) is 2. The summed E-state index contributed by atoms with van der Waals surface area (Å²) in [6.45, 7) is 0. The van der Waals surface area contributed by atoms with Crippen molar-refractivity contribution in [3.05, 3.63) is 55.1 Å². The Morgan fingerprint density at radius 3 is 2.94 bits per heavy atom. The molecule has 0 unspecified atom stereocenters. The molecule has 0 radical (unpaired) electrons. The van der Waals surface area contributed by atoms with Gasteiger partial charge in [0.1, 0.15) is 0 Å². The Morgan fingerprint density at radius 2 is 1.94 bits per heavy atom. The van der Waals surface area contributed by atoms with Crippen molar-refractivity contribution >= 4 is 16.4 Å². The molecule has 1 aromatic carbocycles. The molecule has 0 saturated carbocycles. The van der Waals surface area contributed by atoms with Crippen molar-refractivity contribution in [2.24, 2.45) is 0 Å². The van der Waals surface area contributed by atoms with Crippen LogP contribution in [0.2, 0.25) is 0 Å². The normalized spacial score (nSPS) is 11.5. The van der Waals surface area contributed by atoms with Crippen molar-refractivity contribution in [3.8, 4) is 11.3 Å². The van der Waals surface area contributed by atoms with Gasteiger partial charge in [0, 0.05) is 29.5 Å². The van der Waals surface area contributed by atoms with Gasteiger partial charge in [-0.25, -0.2) is 4.98 Å². The van der Waals surface area contributed by atoms with Gasteiger partial charge in [-0.15, -0.1) is 0 Å². The minimum absolute atomic E-state index is 1.03. The van der Waals surface area contributed by atoms with Crippen LogP contribution in [0.5, 0.6) is 0 Å². The monoisotopic (exact) mass is 219 g/mol. The molecule has 0 aliphatic carbocycles. The zero-order valence-corrected chi connectivity index (χ0v) is 9.04. The van der Waals surface area contributed by atoms with E-state index in [-0.39, 0.29) is 0 Å². The second-order valence-corrected chi connectivity index (χ2v) is 4.07. The summed E-state index contributed by atoms with van der Waals surface area (Å²) in [6.07, 6.45) is 7.65. The number of para-hydroxylation sites is 1. The molecular weight excluding hydrogens is 210 g/mol. The maximum absolute atomic E-state index is 4.62. The van der Waals surface area contributed by atoms with Gasteiger partial charge < -0.3 is 4.40 Å². The van der Waals surface area contributed by atoms with Gasteiger partial charge in [0.2, 0.25) is 0 Å². The molecule has 0 spiro atoms. The maximum atomic E-state index is 4.62. The van der Waals surface area contributed by atoms with Crippen LogP contribution in [0, 0.1) is 0 Å². The van der Waals surface area contributed by atoms with E-state index in [9.17, 15) is 0 Å². The van der Waals surface area contributed by atoms with Crippen molar-refractivity contribution in [1.29, 1.82) is 0 Å². The zero-order chi connectivity index (χ0) is 11.2. The van der Waals surface area contributed by atoms with Gasteiger partial charge in [0.25, 0.3) is 0 Å². The van der Waals surface area contributed by atoms with Crippen LogP contribution in [-0.4, -0.2) is 14.4 Å². The van der Waals surface area contributed by atoms with E-state index in [1.54, 1.807) is 6.20 Å². The SMILES string of the molecule is c1ccc2c3c4cnccn4ccc-3nc2c1. The summed E-state index contributed by atoms with van der Waals surface area (Å²) in [6, 6.07) is 10.3. The third kappa shape index (κ3) is 1.11. The quantitative estimate of drug-likeness (QED) is 0.455. The van der Waals surface area contributed by atoms with Crippen LogP contribution in [0.15, 0.2) is 55.1 Å². The molecule has 3 heteroatoms. The first kappa shape index (κ1) is 8.70. The number of rotatable bonds is 0. The molecule has 1 aromatic heterocycles. The van der Waals surface area contributed by atoms with E-state index in [4.69, 9.17) is 0 Å². The second kappa shape index (κ2) is 3.04. The van der Waals surface area contributed by atoms with Gasteiger partial charge in [-0.05, 0) is 12.1 Å². The van der Waals surface area contributed by atoms with Crippen molar-refractivity contribution in [2.75, 3.05) is 0 Å². The highest BCUT2D eigenvalue weighted by Crippen LogP contribution is 2.33. The molecule has 3 heterocycles. The first-order valence-corrected chi connectivity index (χ1v) is 5.52. The van der Waals surface area contributed by atoms with Crippen LogP contribution in [-0.2, 0) is 0 Å². The molecule has 0 atom stereocenters. The van der Waals surface area contributed by atoms with Gasteiger partial charge >= 0.3 is 0 Å². The van der Waals surface area contributed by atoms with Crippen molar-refractivity contribution < 1.29 is 0 Å². The smallest absolute Gasteiger partial charge is 0.0752 e. The zero-order valence-electron chi connectivity index (χ0n) is 9.04. The summed E-state index contributed by atoms with van der Waals surface area (Å²) < 4.78 is 2.07. The van der Waals surface area contributed by atoms with Crippen LogP contribution < -0.4 is 0 Å². The van der Waals surface area contributed by atoms with Gasteiger partial charge in [-0.1, -0.05) is 18.2 Å². The maximum Gasteiger partial charge on any atom is 0.0752 e. The Kier molecular flexibility index (Phi) is 1.56. The van der Waals surface area contributed by atoms with E-state index in [2.05, 4.69) is 20.4 Å². The van der Waals surface area contributed by atoms with E-state index >= 15 is 0 Å². The number of nitrogens with zero attached hydrogens (tertiary/aromatic N) is 3. The minimum atomic E-state index is 1.03. The fraction of sp³-hybridized carbons (Fsp3) is 0. The molecule has 4 rings (SSSR count). The number of hydrogen-bond donors (Lipinski definition) is 0. The first-order valence-electron chi connectivity index (χ1n) is 5.52. The minimum Gasteiger partial charge on any atom is -0.320 e. The van der Waals surface area contributed by atoms with Crippen LogP contribution >= 0.6 is 0 Å². The molecular formula is C14H9N3. The summed E-state index contributed by atoms with van der Waals surface area (Å²) in [5.74, 6) is 0. The van der Waals surface area contributed by atoms with Gasteiger partial charge in [-0.3, -0.25) is 4.98 Å². The first-order chi connectivity index (χ1) is 8.43. The Hall–Kier alpha value is -2.42. The van der Waals surface area contributed by atoms with Gasteiger partial charge in [-0.2, -0.15) is 0 Å². The Labute approximate surface area is 97.7 Å². The topological polar surface area (TPSA) is 30.2 Å². The Morgan fingerprint density at radius 1 is 1.00 bits per heavy atom. The third-order valence-corrected chi connectivity index (χ3v) is 3.11. The molecule has 2 aromatic rings.